The molecule has 9 amide bonds. The number of ether oxygens (including phenoxy) is 4. The number of carbonyl (C=O) groups excluding carboxylic acids is 8. The van der Waals surface area contributed by atoms with E-state index in [2.05, 4.69) is 58.4 Å². The number of halogens is 2. The Kier molecular flexibility index (Phi) is 22.0. The van der Waals surface area contributed by atoms with Crippen LogP contribution in [0.5, 0.6) is 0 Å². The second-order valence-electron chi connectivity index (χ2n) is 15.4. The number of carboxylic acid groups (broad SMARTS) is 2. The zero-order valence-corrected chi connectivity index (χ0v) is 41.4. The van der Waals surface area contributed by atoms with Crippen molar-refractivity contribution in [2.24, 2.45) is 11.7 Å². The lowest BCUT2D eigenvalue weighted by Crippen LogP contribution is -2.54. The van der Waals surface area contributed by atoms with Gasteiger partial charge in [0.15, 0.2) is 0 Å². The lowest BCUT2D eigenvalue weighted by atomic mass is 10.0. The average molecular weight is 1120 g/mol. The molecule has 0 radical (unpaired) electrons. The van der Waals surface area contributed by atoms with Gasteiger partial charge in [-0.1, -0.05) is 26.0 Å². The standard InChI is InChI=1S/C42H52Br2N8O16S/c1-22(2)32(49-28(53)10-14-65-16-18-67-19-17-66-15-13-52-37(57)30(43)31(44)38(52)58)34(55)48-26(4-3-11-46-41(45)63)33(54)47-24-7-5-23(6-8-24)21-68-42(64)51-12-9-25-27(20-51)69-36(29(25)39(59)60)50-35(56)40(61)62/h5-8,22,26,32H,3-4,9-21H2,1-2H3,(H,47,54)(H,48,55)(H,49,53)(H,50,56)(H,59,60)(H,61,62)(H3,45,46,63)/t26-,32?/m0/s1. The molecule has 1 aromatic heterocycles. The molecule has 4 rings (SSSR count). The summed E-state index contributed by atoms with van der Waals surface area (Å²) < 4.78 is 22.1. The molecule has 2 aromatic rings. The van der Waals surface area contributed by atoms with E-state index in [9.17, 15) is 53.1 Å². The van der Waals surface area contributed by atoms with Crippen molar-refractivity contribution < 1.29 is 77.1 Å². The van der Waals surface area contributed by atoms with Crippen molar-refractivity contribution in [3.05, 3.63) is 54.8 Å². The first kappa shape index (κ1) is 55.6. The SMILES string of the molecule is CC(C)C(NC(=O)CCOCCOCCOCCN1C(=O)C(Br)=C(Br)C1=O)C(=O)N[C@@H](CCCNC(N)=O)C(=O)Nc1ccc(COC(=O)N2CCc3c(sc(NC(=O)C(=O)O)c3C(=O)O)C2)cc1. The van der Waals surface area contributed by atoms with Crippen LogP contribution < -0.4 is 32.3 Å². The highest BCUT2D eigenvalue weighted by Crippen LogP contribution is 2.37. The first-order chi connectivity index (χ1) is 32.8. The molecule has 2 atom stereocenters. The van der Waals surface area contributed by atoms with Gasteiger partial charge in [0.25, 0.3) is 11.8 Å². The van der Waals surface area contributed by atoms with E-state index in [0.717, 1.165) is 16.2 Å². The largest absolute Gasteiger partial charge is 0.478 e. The number of hydrogen-bond donors (Lipinski definition) is 8. The summed E-state index contributed by atoms with van der Waals surface area (Å²) in [5, 5.41) is 31.2. The number of hydrogen-bond acceptors (Lipinski definition) is 15. The number of nitrogens with zero attached hydrogens (tertiary/aromatic N) is 2. The number of thiophene rings is 1. The number of benzene rings is 1. The predicted octanol–water partition coefficient (Wildman–Crippen LogP) is 1.99. The quantitative estimate of drug-likeness (QED) is 0.0379. The first-order valence-electron chi connectivity index (χ1n) is 21.3. The number of carboxylic acids is 2. The Morgan fingerprint density at radius 1 is 0.841 bits per heavy atom. The number of nitrogens with one attached hydrogen (secondary N) is 5. The third-order valence-electron chi connectivity index (χ3n) is 10.1. The van der Waals surface area contributed by atoms with Crippen LogP contribution in [-0.4, -0.2) is 151 Å². The molecule has 24 nitrogen and oxygen atoms in total. The van der Waals surface area contributed by atoms with Gasteiger partial charge in [0.2, 0.25) is 17.7 Å². The zero-order valence-electron chi connectivity index (χ0n) is 37.4. The van der Waals surface area contributed by atoms with Gasteiger partial charge in [-0.25, -0.2) is 19.2 Å². The highest BCUT2D eigenvalue weighted by Gasteiger charge is 2.36. The fourth-order valence-electron chi connectivity index (χ4n) is 6.59. The molecule has 0 aliphatic carbocycles. The van der Waals surface area contributed by atoms with E-state index in [1.807, 2.05) is 0 Å². The normalized spacial score (nSPS) is 14.2. The summed E-state index contributed by atoms with van der Waals surface area (Å²) in [4.78, 5) is 126. The van der Waals surface area contributed by atoms with Crippen LogP contribution in [-0.2, 0) is 72.1 Å². The number of nitrogens with two attached hydrogens (primary N) is 1. The Morgan fingerprint density at radius 3 is 2.06 bits per heavy atom. The van der Waals surface area contributed by atoms with Crippen molar-refractivity contribution in [1.82, 2.24) is 25.8 Å². The zero-order chi connectivity index (χ0) is 50.8. The summed E-state index contributed by atoms with van der Waals surface area (Å²) in [6.07, 6.45) is -0.318. The van der Waals surface area contributed by atoms with Gasteiger partial charge >= 0.3 is 30.0 Å². The van der Waals surface area contributed by atoms with Crippen LogP contribution in [0, 0.1) is 5.92 Å². The molecular formula is C42H52Br2N8O16S. The molecule has 27 heteroatoms. The van der Waals surface area contributed by atoms with Crippen LogP contribution >= 0.6 is 43.2 Å². The Hall–Kier alpha value is -6.00. The summed E-state index contributed by atoms with van der Waals surface area (Å²) >= 11 is 6.98. The fraction of sp³-hybridized carbons (Fsp3) is 0.476. The number of imide groups is 1. The summed E-state index contributed by atoms with van der Waals surface area (Å²) in [6.45, 7) is 4.51. The van der Waals surface area contributed by atoms with Gasteiger partial charge in [0.05, 0.1) is 58.3 Å². The number of aliphatic carboxylic acids is 1. The summed E-state index contributed by atoms with van der Waals surface area (Å²) in [5.41, 5.74) is 6.22. The molecule has 2 aliphatic heterocycles. The van der Waals surface area contributed by atoms with Crippen molar-refractivity contribution >= 4 is 113 Å². The topological polar surface area (TPSA) is 341 Å². The molecule has 376 valence electrons. The number of rotatable bonds is 26. The van der Waals surface area contributed by atoms with Gasteiger partial charge in [0.1, 0.15) is 32.7 Å². The van der Waals surface area contributed by atoms with Gasteiger partial charge in [-0.2, -0.15) is 0 Å². The molecular weight excluding hydrogens is 1060 g/mol. The maximum atomic E-state index is 13.6. The van der Waals surface area contributed by atoms with Gasteiger partial charge in [-0.15, -0.1) is 11.3 Å². The number of fused-ring (bicyclic) bond motifs is 1. The molecule has 2 aliphatic rings. The van der Waals surface area contributed by atoms with E-state index in [1.54, 1.807) is 38.1 Å². The summed E-state index contributed by atoms with van der Waals surface area (Å²) in [5.74, 6) is -7.50. The van der Waals surface area contributed by atoms with E-state index in [4.69, 9.17) is 29.8 Å². The molecule has 1 aromatic carbocycles. The molecule has 0 saturated heterocycles. The first-order valence-corrected chi connectivity index (χ1v) is 23.7. The Labute approximate surface area is 415 Å². The summed E-state index contributed by atoms with van der Waals surface area (Å²) in [6, 6.07) is 3.41. The minimum absolute atomic E-state index is 0.0302. The lowest BCUT2D eigenvalue weighted by molar-refractivity contribution is -0.147. The number of primary amides is 1. The smallest absolute Gasteiger partial charge is 0.410 e. The fourth-order valence-corrected chi connectivity index (χ4v) is 8.61. The van der Waals surface area contributed by atoms with E-state index < -0.39 is 71.6 Å². The van der Waals surface area contributed by atoms with Crippen molar-refractivity contribution in [2.45, 2.75) is 64.8 Å². The van der Waals surface area contributed by atoms with Gasteiger partial charge < -0.3 is 66.4 Å². The second-order valence-corrected chi connectivity index (χ2v) is 18.1. The minimum Gasteiger partial charge on any atom is -0.478 e. The molecule has 0 saturated carbocycles. The number of amides is 9. The van der Waals surface area contributed by atoms with Crippen LogP contribution in [0.15, 0.2) is 33.2 Å². The van der Waals surface area contributed by atoms with Crippen molar-refractivity contribution in [2.75, 3.05) is 69.9 Å². The van der Waals surface area contributed by atoms with Gasteiger partial charge in [-0.05, 0) is 80.3 Å². The number of aromatic carboxylic acids is 1. The van der Waals surface area contributed by atoms with E-state index in [1.165, 1.54) is 4.90 Å². The summed E-state index contributed by atoms with van der Waals surface area (Å²) in [7, 11) is 0. The highest BCUT2D eigenvalue weighted by atomic mass is 79.9. The maximum Gasteiger partial charge on any atom is 0.410 e. The van der Waals surface area contributed by atoms with Crippen LogP contribution in [0.4, 0.5) is 20.3 Å². The molecule has 0 fully saturated rings. The second kappa shape index (κ2) is 27.3. The van der Waals surface area contributed by atoms with Crippen LogP contribution in [0.3, 0.4) is 0 Å². The molecule has 9 N–H and O–H groups in total. The third kappa shape index (κ3) is 16.9. The Bertz CT molecular complexity index is 2270. The Morgan fingerprint density at radius 2 is 1.46 bits per heavy atom. The van der Waals surface area contributed by atoms with E-state index in [0.29, 0.717) is 21.7 Å². The van der Waals surface area contributed by atoms with Crippen LogP contribution in [0.2, 0.25) is 0 Å². The van der Waals surface area contributed by atoms with Gasteiger partial charge in [0, 0.05) is 30.1 Å². The monoisotopic (exact) mass is 1110 g/mol. The molecule has 0 spiro atoms. The predicted molar refractivity (Wildman–Crippen MR) is 251 cm³/mol. The van der Waals surface area contributed by atoms with Crippen molar-refractivity contribution in [3.8, 4) is 0 Å². The van der Waals surface area contributed by atoms with Crippen molar-refractivity contribution in [3.63, 3.8) is 0 Å². The number of anilines is 2. The lowest BCUT2D eigenvalue weighted by Gasteiger charge is -2.26. The molecule has 1 unspecified atom stereocenters. The maximum absolute atomic E-state index is 13.6. The van der Waals surface area contributed by atoms with Gasteiger partial charge in [-0.3, -0.25) is 33.7 Å². The average Bonchev–Trinajstić information content (AvgIpc) is 3.75. The van der Waals surface area contributed by atoms with Crippen LogP contribution in [0.1, 0.15) is 59.5 Å². The third-order valence-corrected chi connectivity index (χ3v) is 13.3. The van der Waals surface area contributed by atoms with Crippen LogP contribution in [0.25, 0.3) is 0 Å². The molecule has 0 bridgehead atoms. The number of urea groups is 1. The minimum atomic E-state index is -1.78. The molecule has 3 heterocycles. The Balaban J connectivity index is 1.20. The highest BCUT2D eigenvalue weighted by molar-refractivity contribution is 9.14. The van der Waals surface area contributed by atoms with E-state index in [-0.39, 0.29) is 124 Å². The molecule has 69 heavy (non-hydrogen) atoms. The van der Waals surface area contributed by atoms with Crippen molar-refractivity contribution in [1.29, 1.82) is 0 Å². The van der Waals surface area contributed by atoms with E-state index >= 15 is 0 Å². The number of carbonyl (C=O) groups is 10.